The highest BCUT2D eigenvalue weighted by molar-refractivity contribution is 9.10. The molecule has 0 atom stereocenters. The first-order valence-electron chi connectivity index (χ1n) is 6.39. The van der Waals surface area contributed by atoms with E-state index in [0.717, 1.165) is 10.0 Å². The van der Waals surface area contributed by atoms with E-state index >= 15 is 0 Å². The van der Waals surface area contributed by atoms with E-state index < -0.39 is 10.0 Å². The molecule has 0 N–H and O–H groups in total. The molecular weight excluding hydrogens is 434 g/mol. The van der Waals surface area contributed by atoms with E-state index in [-0.39, 0.29) is 11.4 Å². The molecule has 2 aromatic rings. The van der Waals surface area contributed by atoms with Crippen molar-refractivity contribution in [2.75, 3.05) is 14.2 Å². The lowest BCUT2D eigenvalue weighted by Gasteiger charge is -2.19. The van der Waals surface area contributed by atoms with Gasteiger partial charge in [0.2, 0.25) is 10.0 Å². The van der Waals surface area contributed by atoms with Crippen LogP contribution in [0.4, 0.5) is 0 Å². The molecule has 0 saturated heterocycles. The van der Waals surface area contributed by atoms with Gasteiger partial charge in [0.05, 0.1) is 7.11 Å². The number of ether oxygens (including phenoxy) is 1. The molecule has 0 heterocycles. The highest BCUT2D eigenvalue weighted by atomic mass is 79.9. The van der Waals surface area contributed by atoms with E-state index in [1.165, 1.54) is 11.4 Å². The van der Waals surface area contributed by atoms with Crippen LogP contribution in [0.5, 0.6) is 5.75 Å². The zero-order valence-corrected chi connectivity index (χ0v) is 16.1. The standard InChI is InChI=1S/C15H15Br2NO3S/c1-18(10-11-5-3-4-6-13(11)17)22(19,20)15-9-12(16)7-8-14(15)21-2/h3-9H,10H2,1-2H3. The molecular formula is C15H15Br2NO3S. The Kier molecular flexibility index (Phi) is 5.65. The molecule has 0 aliphatic rings. The number of sulfonamides is 1. The second-order valence-corrected chi connectivity index (χ2v) is 8.43. The molecule has 0 radical (unpaired) electrons. The Labute approximate surface area is 147 Å². The number of benzene rings is 2. The van der Waals surface area contributed by atoms with Crippen LogP contribution >= 0.6 is 31.9 Å². The SMILES string of the molecule is COc1ccc(Br)cc1S(=O)(=O)N(C)Cc1ccccc1Br. The van der Waals surface area contributed by atoms with Crippen LogP contribution in [0, 0.1) is 0 Å². The van der Waals surface area contributed by atoms with Crippen LogP contribution in [-0.4, -0.2) is 26.9 Å². The quantitative estimate of drug-likeness (QED) is 0.693. The fourth-order valence-electron chi connectivity index (χ4n) is 1.97. The van der Waals surface area contributed by atoms with Crippen molar-refractivity contribution in [3.63, 3.8) is 0 Å². The molecule has 0 aromatic heterocycles. The summed E-state index contributed by atoms with van der Waals surface area (Å²) in [6, 6.07) is 12.4. The van der Waals surface area contributed by atoms with Crippen molar-refractivity contribution >= 4 is 41.9 Å². The van der Waals surface area contributed by atoms with Crippen LogP contribution in [0.1, 0.15) is 5.56 Å². The van der Waals surface area contributed by atoms with Gasteiger partial charge >= 0.3 is 0 Å². The summed E-state index contributed by atoms with van der Waals surface area (Å²) < 4.78 is 33.6. The number of halogens is 2. The molecule has 4 nitrogen and oxygen atoms in total. The van der Waals surface area contributed by atoms with E-state index in [0.29, 0.717) is 10.2 Å². The van der Waals surface area contributed by atoms with Crippen molar-refractivity contribution in [2.45, 2.75) is 11.4 Å². The zero-order chi connectivity index (χ0) is 16.3. The summed E-state index contributed by atoms with van der Waals surface area (Å²) in [6.45, 7) is 0.263. The molecule has 22 heavy (non-hydrogen) atoms. The number of hydrogen-bond donors (Lipinski definition) is 0. The fourth-order valence-corrected chi connectivity index (χ4v) is 4.22. The average molecular weight is 449 g/mol. The Balaban J connectivity index is 2.38. The Bertz CT molecular complexity index is 778. The largest absolute Gasteiger partial charge is 0.495 e. The normalized spacial score (nSPS) is 11.7. The molecule has 0 aliphatic carbocycles. The summed E-state index contributed by atoms with van der Waals surface area (Å²) in [4.78, 5) is 0.138. The van der Waals surface area contributed by atoms with Crippen molar-refractivity contribution < 1.29 is 13.2 Å². The second-order valence-electron chi connectivity index (χ2n) is 4.65. The smallest absolute Gasteiger partial charge is 0.246 e. The van der Waals surface area contributed by atoms with Gasteiger partial charge in [0.1, 0.15) is 10.6 Å². The van der Waals surface area contributed by atoms with Gasteiger partial charge in [0.25, 0.3) is 0 Å². The molecule has 0 bridgehead atoms. The lowest BCUT2D eigenvalue weighted by Crippen LogP contribution is -2.27. The minimum absolute atomic E-state index is 0.138. The molecule has 0 fully saturated rings. The number of nitrogens with zero attached hydrogens (tertiary/aromatic N) is 1. The van der Waals surface area contributed by atoms with Crippen LogP contribution < -0.4 is 4.74 Å². The Morgan fingerprint density at radius 1 is 1.14 bits per heavy atom. The summed E-state index contributed by atoms with van der Waals surface area (Å²) in [5.41, 5.74) is 0.891. The third-order valence-electron chi connectivity index (χ3n) is 3.16. The van der Waals surface area contributed by atoms with Gasteiger partial charge in [-0.3, -0.25) is 0 Å². The highest BCUT2D eigenvalue weighted by Gasteiger charge is 2.25. The molecule has 0 aliphatic heterocycles. The van der Waals surface area contributed by atoms with Crippen molar-refractivity contribution in [3.8, 4) is 5.75 Å². The first kappa shape index (κ1) is 17.5. The van der Waals surface area contributed by atoms with Crippen molar-refractivity contribution in [3.05, 3.63) is 57.0 Å². The Morgan fingerprint density at radius 2 is 1.82 bits per heavy atom. The van der Waals surface area contributed by atoms with Gasteiger partial charge in [-0.2, -0.15) is 4.31 Å². The maximum atomic E-state index is 12.8. The van der Waals surface area contributed by atoms with Gasteiger partial charge in [-0.15, -0.1) is 0 Å². The van der Waals surface area contributed by atoms with E-state index in [1.807, 2.05) is 24.3 Å². The zero-order valence-electron chi connectivity index (χ0n) is 12.1. The van der Waals surface area contributed by atoms with Gasteiger partial charge in [0.15, 0.2) is 0 Å². The highest BCUT2D eigenvalue weighted by Crippen LogP contribution is 2.30. The van der Waals surface area contributed by atoms with Gasteiger partial charge in [-0.05, 0) is 29.8 Å². The summed E-state index contributed by atoms with van der Waals surface area (Å²) in [5.74, 6) is 0.321. The fraction of sp³-hybridized carbons (Fsp3) is 0.200. The van der Waals surface area contributed by atoms with Gasteiger partial charge in [0, 0.05) is 22.5 Å². The van der Waals surface area contributed by atoms with Gasteiger partial charge in [-0.1, -0.05) is 50.1 Å². The maximum absolute atomic E-state index is 12.8. The monoisotopic (exact) mass is 447 g/mol. The van der Waals surface area contributed by atoms with Crippen LogP contribution in [0.3, 0.4) is 0 Å². The van der Waals surface area contributed by atoms with E-state index in [9.17, 15) is 8.42 Å². The molecule has 0 saturated carbocycles. The van der Waals surface area contributed by atoms with Crippen LogP contribution in [0.15, 0.2) is 56.3 Å². The van der Waals surface area contributed by atoms with Crippen LogP contribution in [0.25, 0.3) is 0 Å². The number of rotatable bonds is 5. The minimum atomic E-state index is -3.66. The molecule has 0 amide bonds. The van der Waals surface area contributed by atoms with Crippen LogP contribution in [-0.2, 0) is 16.6 Å². The first-order chi connectivity index (χ1) is 10.4. The Morgan fingerprint density at radius 3 is 2.45 bits per heavy atom. The van der Waals surface area contributed by atoms with Crippen molar-refractivity contribution in [2.24, 2.45) is 0 Å². The third-order valence-corrected chi connectivity index (χ3v) is 6.26. The van der Waals surface area contributed by atoms with Gasteiger partial charge < -0.3 is 4.74 Å². The molecule has 0 unspecified atom stereocenters. The molecule has 7 heteroatoms. The van der Waals surface area contributed by atoms with E-state index in [4.69, 9.17) is 4.74 Å². The predicted molar refractivity (Wildman–Crippen MR) is 93.5 cm³/mol. The second kappa shape index (κ2) is 7.12. The van der Waals surface area contributed by atoms with Crippen molar-refractivity contribution in [1.82, 2.24) is 4.31 Å². The average Bonchev–Trinajstić information content (AvgIpc) is 2.49. The molecule has 118 valence electrons. The number of methoxy groups -OCH3 is 1. The number of hydrogen-bond acceptors (Lipinski definition) is 3. The van der Waals surface area contributed by atoms with Gasteiger partial charge in [-0.25, -0.2) is 8.42 Å². The summed E-state index contributed by atoms with van der Waals surface area (Å²) in [6.07, 6.45) is 0. The van der Waals surface area contributed by atoms with Crippen LogP contribution in [0.2, 0.25) is 0 Å². The lowest BCUT2D eigenvalue weighted by molar-refractivity contribution is 0.397. The summed E-state index contributed by atoms with van der Waals surface area (Å²) in [5, 5.41) is 0. The summed E-state index contributed by atoms with van der Waals surface area (Å²) >= 11 is 6.73. The third kappa shape index (κ3) is 3.71. The summed E-state index contributed by atoms with van der Waals surface area (Å²) in [7, 11) is -0.657. The van der Waals surface area contributed by atoms with Crippen molar-refractivity contribution in [1.29, 1.82) is 0 Å². The maximum Gasteiger partial charge on any atom is 0.246 e. The first-order valence-corrected chi connectivity index (χ1v) is 9.42. The van der Waals surface area contributed by atoms with E-state index in [1.54, 1.807) is 25.2 Å². The minimum Gasteiger partial charge on any atom is -0.495 e. The molecule has 2 aromatic carbocycles. The Hall–Kier alpha value is -0.890. The molecule has 2 rings (SSSR count). The molecule has 0 spiro atoms. The van der Waals surface area contributed by atoms with E-state index in [2.05, 4.69) is 31.9 Å². The predicted octanol–water partition coefficient (Wildman–Crippen LogP) is 4.04. The lowest BCUT2D eigenvalue weighted by atomic mass is 10.2. The topological polar surface area (TPSA) is 46.6 Å².